The summed E-state index contributed by atoms with van der Waals surface area (Å²) in [7, 11) is 1.94. The summed E-state index contributed by atoms with van der Waals surface area (Å²) >= 11 is 0. The summed E-state index contributed by atoms with van der Waals surface area (Å²) in [4.78, 5) is 14.6. The van der Waals surface area contributed by atoms with Gasteiger partial charge in [0.05, 0.1) is 0 Å². The maximum absolute atomic E-state index is 13.3. The van der Waals surface area contributed by atoms with E-state index in [2.05, 4.69) is 0 Å². The summed E-state index contributed by atoms with van der Waals surface area (Å²) in [5.41, 5.74) is 0.681. The smallest absolute Gasteiger partial charge is 0.222 e. The molecule has 0 aliphatic heterocycles. The second-order valence-electron chi connectivity index (χ2n) is 8.17. The van der Waals surface area contributed by atoms with Gasteiger partial charge in [0.1, 0.15) is 0 Å². The molecule has 4 heteroatoms. The van der Waals surface area contributed by atoms with Crippen molar-refractivity contribution in [2.24, 2.45) is 23.7 Å². The first-order chi connectivity index (χ1) is 11.5. The molecule has 0 saturated heterocycles. The predicted octanol–water partition coefficient (Wildman–Crippen LogP) is 4.18. The van der Waals surface area contributed by atoms with Gasteiger partial charge in [-0.1, -0.05) is 6.07 Å². The van der Waals surface area contributed by atoms with Crippen LogP contribution in [0.2, 0.25) is 0 Å². The lowest BCUT2D eigenvalue weighted by molar-refractivity contribution is -0.141. The summed E-state index contributed by atoms with van der Waals surface area (Å²) < 4.78 is 26.3. The second kappa shape index (κ2) is 6.12. The third-order valence-corrected chi connectivity index (χ3v) is 6.63. The Morgan fingerprint density at radius 1 is 1.04 bits per heavy atom. The molecule has 0 radical (unpaired) electrons. The number of carbonyl (C=O) groups excluding carboxylic acids is 1. The van der Waals surface area contributed by atoms with Crippen molar-refractivity contribution in [3.8, 4) is 0 Å². The van der Waals surface area contributed by atoms with Crippen molar-refractivity contribution in [1.82, 2.24) is 4.90 Å². The lowest BCUT2D eigenvalue weighted by Gasteiger charge is -2.56. The minimum absolute atomic E-state index is 0.136. The standard InChI is InChI=1S/C20H25F2NO/c1-23(19(24)5-3-12-2-4-17(21)18(22)11-12)20-15-7-13-6-14(9-15)10-16(20)8-13/h2,4,11,13-16,20H,3,5-10H2,1H3. The van der Waals surface area contributed by atoms with Crippen LogP contribution in [0.25, 0.3) is 0 Å². The van der Waals surface area contributed by atoms with Gasteiger partial charge in [-0.15, -0.1) is 0 Å². The van der Waals surface area contributed by atoms with Gasteiger partial charge in [-0.2, -0.15) is 0 Å². The van der Waals surface area contributed by atoms with Crippen molar-refractivity contribution in [2.45, 2.75) is 51.0 Å². The molecule has 4 aliphatic carbocycles. The fraction of sp³-hybridized carbons (Fsp3) is 0.650. The number of aryl methyl sites for hydroxylation is 1. The molecule has 0 N–H and O–H groups in total. The normalized spacial score (nSPS) is 33.7. The highest BCUT2D eigenvalue weighted by atomic mass is 19.2. The molecule has 0 aromatic heterocycles. The number of nitrogens with zero attached hydrogens (tertiary/aromatic N) is 1. The molecule has 130 valence electrons. The van der Waals surface area contributed by atoms with E-state index in [-0.39, 0.29) is 5.91 Å². The Kier molecular flexibility index (Phi) is 4.09. The summed E-state index contributed by atoms with van der Waals surface area (Å²) in [6.07, 6.45) is 7.40. The Bertz CT molecular complexity index is 617. The van der Waals surface area contributed by atoms with Gasteiger partial charge >= 0.3 is 0 Å². The molecule has 5 rings (SSSR count). The highest BCUT2D eigenvalue weighted by Crippen LogP contribution is 2.55. The van der Waals surface area contributed by atoms with E-state index in [4.69, 9.17) is 0 Å². The van der Waals surface area contributed by atoms with Crippen molar-refractivity contribution in [1.29, 1.82) is 0 Å². The van der Waals surface area contributed by atoms with Crippen molar-refractivity contribution < 1.29 is 13.6 Å². The largest absolute Gasteiger partial charge is 0.342 e. The molecule has 0 heterocycles. The van der Waals surface area contributed by atoms with E-state index in [1.54, 1.807) is 6.07 Å². The van der Waals surface area contributed by atoms with Crippen molar-refractivity contribution in [3.63, 3.8) is 0 Å². The van der Waals surface area contributed by atoms with Gasteiger partial charge in [-0.25, -0.2) is 8.78 Å². The van der Waals surface area contributed by atoms with E-state index in [9.17, 15) is 13.6 Å². The first-order valence-corrected chi connectivity index (χ1v) is 9.21. The van der Waals surface area contributed by atoms with Crippen molar-refractivity contribution in [2.75, 3.05) is 7.05 Å². The average molecular weight is 333 g/mol. The van der Waals surface area contributed by atoms with E-state index in [0.717, 1.165) is 17.9 Å². The molecular weight excluding hydrogens is 308 g/mol. The van der Waals surface area contributed by atoms with Gasteiger partial charge in [0.2, 0.25) is 5.91 Å². The molecular formula is C20H25F2NO. The number of halogens is 2. The summed E-state index contributed by atoms with van der Waals surface area (Å²) in [5, 5.41) is 0. The van der Waals surface area contributed by atoms with Crippen LogP contribution in [-0.2, 0) is 11.2 Å². The van der Waals surface area contributed by atoms with Crippen LogP contribution in [0.3, 0.4) is 0 Å². The first-order valence-electron chi connectivity index (χ1n) is 9.21. The van der Waals surface area contributed by atoms with Crippen LogP contribution in [0.1, 0.15) is 44.1 Å². The lowest BCUT2D eigenvalue weighted by Crippen LogP contribution is -2.56. The number of benzene rings is 1. The average Bonchev–Trinajstić information content (AvgIpc) is 2.54. The van der Waals surface area contributed by atoms with Gasteiger partial charge in [0.15, 0.2) is 11.6 Å². The molecule has 2 nitrogen and oxygen atoms in total. The zero-order valence-electron chi connectivity index (χ0n) is 14.2. The van der Waals surface area contributed by atoms with Crippen LogP contribution in [-0.4, -0.2) is 23.9 Å². The van der Waals surface area contributed by atoms with Gasteiger partial charge in [0.25, 0.3) is 0 Å². The molecule has 0 atom stereocenters. The zero-order valence-corrected chi connectivity index (χ0v) is 14.2. The summed E-state index contributed by atoms with van der Waals surface area (Å²) in [5.74, 6) is 1.61. The van der Waals surface area contributed by atoms with Crippen LogP contribution >= 0.6 is 0 Å². The molecule has 4 aliphatic rings. The highest BCUT2D eigenvalue weighted by molar-refractivity contribution is 5.76. The Morgan fingerprint density at radius 2 is 1.67 bits per heavy atom. The highest BCUT2D eigenvalue weighted by Gasteiger charge is 2.50. The van der Waals surface area contributed by atoms with Gasteiger partial charge in [-0.3, -0.25) is 4.79 Å². The van der Waals surface area contributed by atoms with Crippen molar-refractivity contribution in [3.05, 3.63) is 35.4 Å². The Hall–Kier alpha value is -1.45. The van der Waals surface area contributed by atoms with Gasteiger partial charge in [-0.05, 0) is 79.9 Å². The Labute approximate surface area is 142 Å². The summed E-state index contributed by atoms with van der Waals surface area (Å²) in [6.45, 7) is 0. The molecule has 1 amide bonds. The van der Waals surface area contributed by atoms with Crippen LogP contribution in [0.5, 0.6) is 0 Å². The topological polar surface area (TPSA) is 20.3 Å². The number of hydrogen-bond donors (Lipinski definition) is 0. The Balaban J connectivity index is 1.38. The third-order valence-electron chi connectivity index (χ3n) is 6.63. The SMILES string of the molecule is CN(C(=O)CCc1ccc(F)c(F)c1)C1C2CC3CC(C2)CC1C3. The molecule has 4 saturated carbocycles. The molecule has 4 bridgehead atoms. The zero-order chi connectivity index (χ0) is 16.8. The predicted molar refractivity (Wildman–Crippen MR) is 88.3 cm³/mol. The quantitative estimate of drug-likeness (QED) is 0.809. The van der Waals surface area contributed by atoms with Crippen LogP contribution in [0.15, 0.2) is 18.2 Å². The molecule has 0 spiro atoms. The van der Waals surface area contributed by atoms with Gasteiger partial charge < -0.3 is 4.90 Å². The van der Waals surface area contributed by atoms with Crippen LogP contribution in [0.4, 0.5) is 8.78 Å². The number of amides is 1. The molecule has 0 unspecified atom stereocenters. The van der Waals surface area contributed by atoms with E-state index >= 15 is 0 Å². The van der Waals surface area contributed by atoms with E-state index in [1.807, 2.05) is 11.9 Å². The molecule has 1 aromatic carbocycles. The van der Waals surface area contributed by atoms with Crippen LogP contribution < -0.4 is 0 Å². The van der Waals surface area contributed by atoms with E-state index in [0.29, 0.717) is 36.3 Å². The van der Waals surface area contributed by atoms with E-state index < -0.39 is 11.6 Å². The fourth-order valence-electron chi connectivity index (χ4n) is 5.82. The Morgan fingerprint density at radius 3 is 2.25 bits per heavy atom. The number of hydrogen-bond acceptors (Lipinski definition) is 1. The molecule has 24 heavy (non-hydrogen) atoms. The monoisotopic (exact) mass is 333 g/mol. The van der Waals surface area contributed by atoms with Crippen LogP contribution in [0, 0.1) is 35.3 Å². The maximum Gasteiger partial charge on any atom is 0.222 e. The molecule has 1 aromatic rings. The molecule has 4 fully saturated rings. The second-order valence-corrected chi connectivity index (χ2v) is 8.17. The minimum atomic E-state index is -0.839. The van der Waals surface area contributed by atoms with E-state index in [1.165, 1.54) is 38.2 Å². The lowest BCUT2D eigenvalue weighted by atomic mass is 9.54. The third kappa shape index (κ3) is 2.84. The summed E-state index contributed by atoms with van der Waals surface area (Å²) in [6, 6.07) is 4.30. The van der Waals surface area contributed by atoms with Gasteiger partial charge in [0, 0.05) is 19.5 Å². The van der Waals surface area contributed by atoms with Crippen molar-refractivity contribution >= 4 is 5.91 Å². The fourth-order valence-corrected chi connectivity index (χ4v) is 5.82. The maximum atomic E-state index is 13.3. The minimum Gasteiger partial charge on any atom is -0.342 e. The number of rotatable bonds is 4. The number of carbonyl (C=O) groups is 1. The first kappa shape index (κ1) is 16.0.